The van der Waals surface area contributed by atoms with Gasteiger partial charge in [-0.2, -0.15) is 0 Å². The molecule has 0 aliphatic carbocycles. The molecule has 0 bridgehead atoms. The van der Waals surface area contributed by atoms with Gasteiger partial charge < -0.3 is 5.32 Å². The van der Waals surface area contributed by atoms with E-state index in [4.69, 9.17) is 10.7 Å². The number of aryl methyl sites for hydroxylation is 1. The second-order valence-corrected chi connectivity index (χ2v) is 5.84. The van der Waals surface area contributed by atoms with Crippen LogP contribution >= 0.6 is 10.7 Å². The van der Waals surface area contributed by atoms with Crippen LogP contribution in [0.2, 0.25) is 0 Å². The van der Waals surface area contributed by atoms with Gasteiger partial charge in [-0.05, 0) is 0 Å². The summed E-state index contributed by atoms with van der Waals surface area (Å²) in [5.74, 6) is -0.330. The normalized spacial score (nSPS) is 11.2. The third-order valence-corrected chi connectivity index (χ3v) is 3.41. The molecule has 8 nitrogen and oxygen atoms in total. The lowest BCUT2D eigenvalue weighted by Gasteiger charge is -2.05. The monoisotopic (exact) mass is 295 g/mol. The highest BCUT2D eigenvalue weighted by molar-refractivity contribution is 8.13. The number of H-pyrrole nitrogens is 1. The second kappa shape index (κ2) is 5.36. The van der Waals surface area contributed by atoms with Crippen molar-refractivity contribution in [2.75, 3.05) is 7.05 Å². The van der Waals surface area contributed by atoms with Crippen LogP contribution in [0.15, 0.2) is 20.7 Å². The fraction of sp³-hybridized carbons (Fsp3) is 0.375. The standard InChI is InChI=1S/C8H10ClN3O5S/c1-10-6(13)2-3-12-4-5(18(9,16)17)7(14)11-8(12)15/h4H,2-3H2,1H3,(H,10,13)(H,11,14,15). The molecule has 10 heteroatoms. The van der Waals surface area contributed by atoms with Crippen LogP contribution in [0, 0.1) is 0 Å². The Kier molecular flexibility index (Phi) is 4.30. The Bertz CT molecular complexity index is 675. The first-order valence-electron chi connectivity index (χ1n) is 4.74. The first kappa shape index (κ1) is 14.5. The van der Waals surface area contributed by atoms with Gasteiger partial charge in [0.15, 0.2) is 4.90 Å². The average molecular weight is 296 g/mol. The molecule has 1 aromatic heterocycles. The Morgan fingerprint density at radius 1 is 1.50 bits per heavy atom. The SMILES string of the molecule is CNC(=O)CCn1cc(S(=O)(=O)Cl)c(=O)[nH]c1=O. The van der Waals surface area contributed by atoms with E-state index in [0.29, 0.717) is 0 Å². The molecule has 0 fully saturated rings. The topological polar surface area (TPSA) is 118 Å². The third-order valence-electron chi connectivity index (χ3n) is 2.10. The minimum Gasteiger partial charge on any atom is -0.359 e. The zero-order valence-corrected chi connectivity index (χ0v) is 10.8. The highest BCUT2D eigenvalue weighted by atomic mass is 35.7. The van der Waals surface area contributed by atoms with Crippen molar-refractivity contribution in [1.82, 2.24) is 14.9 Å². The van der Waals surface area contributed by atoms with Crippen LogP contribution in [0.1, 0.15) is 6.42 Å². The Labute approximate surface area is 106 Å². The minimum absolute atomic E-state index is 0.0375. The number of nitrogens with one attached hydrogen (secondary N) is 2. The van der Waals surface area contributed by atoms with Crippen LogP contribution < -0.4 is 16.6 Å². The van der Waals surface area contributed by atoms with Gasteiger partial charge in [0.2, 0.25) is 5.91 Å². The summed E-state index contributed by atoms with van der Waals surface area (Å²) in [6, 6.07) is 0. The van der Waals surface area contributed by atoms with Gasteiger partial charge in [-0.25, -0.2) is 13.2 Å². The maximum Gasteiger partial charge on any atom is 0.328 e. The first-order valence-corrected chi connectivity index (χ1v) is 7.05. The van der Waals surface area contributed by atoms with Crippen molar-refractivity contribution < 1.29 is 13.2 Å². The quantitative estimate of drug-likeness (QED) is 0.662. The van der Waals surface area contributed by atoms with Crippen LogP contribution in [-0.2, 0) is 20.4 Å². The van der Waals surface area contributed by atoms with Gasteiger partial charge >= 0.3 is 5.69 Å². The fourth-order valence-corrected chi connectivity index (χ4v) is 2.03. The molecule has 0 aliphatic heterocycles. The lowest BCUT2D eigenvalue weighted by atomic mass is 10.4. The molecule has 1 heterocycles. The van der Waals surface area contributed by atoms with E-state index in [-0.39, 0.29) is 18.9 Å². The van der Waals surface area contributed by atoms with Crippen molar-refractivity contribution in [1.29, 1.82) is 0 Å². The molecule has 0 saturated heterocycles. The zero-order valence-electron chi connectivity index (χ0n) is 9.27. The largest absolute Gasteiger partial charge is 0.359 e. The Hall–Kier alpha value is -1.61. The van der Waals surface area contributed by atoms with Gasteiger partial charge in [-0.3, -0.25) is 19.1 Å². The van der Waals surface area contributed by atoms with Gasteiger partial charge in [-0.15, -0.1) is 0 Å². The number of halogens is 1. The summed E-state index contributed by atoms with van der Waals surface area (Å²) in [6.45, 7) is -0.0747. The van der Waals surface area contributed by atoms with E-state index in [1.54, 1.807) is 0 Å². The smallest absolute Gasteiger partial charge is 0.328 e. The number of aromatic amines is 1. The summed E-state index contributed by atoms with van der Waals surface area (Å²) >= 11 is 0. The molecule has 18 heavy (non-hydrogen) atoms. The molecule has 0 saturated carbocycles. The van der Waals surface area contributed by atoms with Gasteiger partial charge in [0.25, 0.3) is 14.6 Å². The Morgan fingerprint density at radius 2 is 2.11 bits per heavy atom. The molecule has 2 N–H and O–H groups in total. The average Bonchev–Trinajstić information content (AvgIpc) is 2.25. The number of hydrogen-bond acceptors (Lipinski definition) is 5. The van der Waals surface area contributed by atoms with Gasteiger partial charge in [-0.1, -0.05) is 0 Å². The predicted molar refractivity (Wildman–Crippen MR) is 63.0 cm³/mol. The van der Waals surface area contributed by atoms with Crippen molar-refractivity contribution in [3.63, 3.8) is 0 Å². The Morgan fingerprint density at radius 3 is 2.61 bits per heavy atom. The van der Waals surface area contributed by atoms with Crippen LogP contribution in [0.3, 0.4) is 0 Å². The molecule has 1 aromatic rings. The summed E-state index contributed by atoms with van der Waals surface area (Å²) in [6.07, 6.45) is 0.774. The summed E-state index contributed by atoms with van der Waals surface area (Å²) in [4.78, 5) is 34.7. The molecule has 1 amide bonds. The van der Waals surface area contributed by atoms with Crippen molar-refractivity contribution in [2.45, 2.75) is 17.9 Å². The molecule has 0 radical (unpaired) electrons. The molecule has 0 aromatic carbocycles. The lowest BCUT2D eigenvalue weighted by Crippen LogP contribution is -2.33. The second-order valence-electron chi connectivity index (χ2n) is 3.31. The van der Waals surface area contributed by atoms with E-state index in [1.807, 2.05) is 4.98 Å². The van der Waals surface area contributed by atoms with E-state index in [0.717, 1.165) is 10.8 Å². The van der Waals surface area contributed by atoms with Gasteiger partial charge in [0.05, 0.1) is 0 Å². The van der Waals surface area contributed by atoms with Crippen LogP contribution in [0.25, 0.3) is 0 Å². The number of aromatic nitrogens is 2. The maximum atomic E-state index is 11.4. The molecule has 1 rings (SSSR count). The first-order chi connectivity index (χ1) is 8.25. The number of amides is 1. The predicted octanol–water partition coefficient (Wildman–Crippen LogP) is -1.40. The summed E-state index contributed by atoms with van der Waals surface area (Å²) < 4.78 is 23.0. The van der Waals surface area contributed by atoms with E-state index < -0.39 is 25.2 Å². The number of rotatable bonds is 4. The molecule has 0 unspecified atom stereocenters. The van der Waals surface area contributed by atoms with E-state index in [1.165, 1.54) is 7.05 Å². The summed E-state index contributed by atoms with van der Waals surface area (Å²) in [7, 11) is 2.21. The minimum atomic E-state index is -4.25. The van der Waals surface area contributed by atoms with Crippen molar-refractivity contribution in [2.24, 2.45) is 0 Å². The fourth-order valence-electron chi connectivity index (χ4n) is 1.18. The number of carbonyl (C=O) groups excluding carboxylic acids is 1. The summed E-state index contributed by atoms with van der Waals surface area (Å²) in [5, 5.41) is 2.34. The van der Waals surface area contributed by atoms with E-state index in [2.05, 4.69) is 5.32 Å². The molecule has 0 aliphatic rings. The number of nitrogens with zero attached hydrogens (tertiary/aromatic N) is 1. The highest BCUT2D eigenvalue weighted by Crippen LogP contribution is 2.07. The van der Waals surface area contributed by atoms with Gasteiger partial charge in [0.1, 0.15) is 0 Å². The molecular weight excluding hydrogens is 286 g/mol. The zero-order chi connectivity index (χ0) is 13.9. The highest BCUT2D eigenvalue weighted by Gasteiger charge is 2.17. The molecule has 0 atom stereocenters. The van der Waals surface area contributed by atoms with Crippen LogP contribution in [-0.4, -0.2) is 30.9 Å². The van der Waals surface area contributed by atoms with E-state index in [9.17, 15) is 22.8 Å². The molecular formula is C8H10ClN3O5S. The number of carbonyl (C=O) groups is 1. The lowest BCUT2D eigenvalue weighted by molar-refractivity contribution is -0.120. The maximum absolute atomic E-state index is 11.4. The molecule has 100 valence electrons. The third kappa shape index (κ3) is 3.44. The van der Waals surface area contributed by atoms with E-state index >= 15 is 0 Å². The van der Waals surface area contributed by atoms with Gasteiger partial charge in [0, 0.05) is 36.9 Å². The van der Waals surface area contributed by atoms with Crippen LogP contribution in [0.5, 0.6) is 0 Å². The summed E-state index contributed by atoms with van der Waals surface area (Å²) in [5.41, 5.74) is -1.90. The van der Waals surface area contributed by atoms with Crippen LogP contribution in [0.4, 0.5) is 0 Å². The Balaban J connectivity index is 3.19. The van der Waals surface area contributed by atoms with Crippen molar-refractivity contribution in [3.05, 3.63) is 27.0 Å². The molecule has 0 spiro atoms. The van der Waals surface area contributed by atoms with Crippen molar-refractivity contribution >= 4 is 25.6 Å². The van der Waals surface area contributed by atoms with Crippen molar-refractivity contribution in [3.8, 4) is 0 Å². The number of hydrogen-bond donors (Lipinski definition) is 2.